The molecule has 1 N–H and O–H groups in total. The fourth-order valence-corrected chi connectivity index (χ4v) is 3.28. The summed E-state index contributed by atoms with van der Waals surface area (Å²) in [4.78, 5) is 26.7. The smallest absolute Gasteiger partial charge is 0.260 e. The number of nitrogens with zero attached hydrogens (tertiary/aromatic N) is 1. The maximum Gasteiger partial charge on any atom is 0.260 e. The van der Waals surface area contributed by atoms with Gasteiger partial charge in [0.05, 0.1) is 0 Å². The van der Waals surface area contributed by atoms with E-state index >= 15 is 0 Å². The van der Waals surface area contributed by atoms with Gasteiger partial charge < -0.3 is 15.0 Å². The van der Waals surface area contributed by atoms with Crippen molar-refractivity contribution in [2.75, 3.05) is 19.7 Å². The Morgan fingerprint density at radius 2 is 1.79 bits per heavy atom. The van der Waals surface area contributed by atoms with Crippen LogP contribution in [0.4, 0.5) is 8.78 Å². The lowest BCUT2D eigenvalue weighted by molar-refractivity contribution is -0.141. The Morgan fingerprint density at radius 3 is 2.45 bits per heavy atom. The number of ether oxygens (including phenoxy) is 1. The number of benzene rings is 2. The summed E-state index contributed by atoms with van der Waals surface area (Å²) in [5.74, 6) is -1.03. The van der Waals surface area contributed by atoms with E-state index in [1.165, 1.54) is 6.07 Å². The van der Waals surface area contributed by atoms with Crippen molar-refractivity contribution in [1.82, 2.24) is 10.2 Å². The molecule has 0 saturated carbocycles. The van der Waals surface area contributed by atoms with Crippen LogP contribution in [0.15, 0.2) is 48.5 Å². The largest absolute Gasteiger partial charge is 0.484 e. The molecule has 0 spiro atoms. The van der Waals surface area contributed by atoms with Gasteiger partial charge in [0.25, 0.3) is 5.91 Å². The highest BCUT2D eigenvalue weighted by Crippen LogP contribution is 2.31. The summed E-state index contributed by atoms with van der Waals surface area (Å²) in [7, 11) is 0. The molecule has 0 bridgehead atoms. The van der Waals surface area contributed by atoms with E-state index in [2.05, 4.69) is 5.32 Å². The van der Waals surface area contributed by atoms with Crippen LogP contribution < -0.4 is 10.1 Å². The van der Waals surface area contributed by atoms with E-state index in [0.717, 1.165) is 12.1 Å². The van der Waals surface area contributed by atoms with Crippen molar-refractivity contribution in [2.45, 2.75) is 26.3 Å². The van der Waals surface area contributed by atoms with E-state index in [-0.39, 0.29) is 30.5 Å². The monoisotopic (exact) mass is 402 g/mol. The number of rotatable bonds is 6. The van der Waals surface area contributed by atoms with Gasteiger partial charge in [0.2, 0.25) is 5.91 Å². The standard InChI is InChI=1S/C22H24F2N2O3/c1-22(21(28)25-14-16-7-8-17(23)13-19(16)24)9-11-26(12-10-22)20(27)15-29-18-5-3-2-4-6-18/h2-8,13H,9-12,14-15H2,1H3,(H,25,28). The van der Waals surface area contributed by atoms with E-state index in [9.17, 15) is 18.4 Å². The number of nitrogens with one attached hydrogen (secondary N) is 1. The lowest BCUT2D eigenvalue weighted by atomic mass is 9.79. The molecule has 1 aliphatic heterocycles. The Hall–Kier alpha value is -2.96. The van der Waals surface area contributed by atoms with Crippen molar-refractivity contribution in [1.29, 1.82) is 0 Å². The lowest BCUT2D eigenvalue weighted by Gasteiger charge is -2.38. The van der Waals surface area contributed by atoms with Gasteiger partial charge in [0.1, 0.15) is 17.4 Å². The Balaban J connectivity index is 1.47. The topological polar surface area (TPSA) is 58.6 Å². The minimum atomic E-state index is -0.686. The zero-order valence-corrected chi connectivity index (χ0v) is 16.3. The number of amides is 2. The molecule has 2 aromatic rings. The normalized spacial score (nSPS) is 15.6. The summed E-state index contributed by atoms with van der Waals surface area (Å²) < 4.78 is 32.2. The number of halogens is 2. The molecule has 1 aliphatic rings. The summed E-state index contributed by atoms with van der Waals surface area (Å²) >= 11 is 0. The highest BCUT2D eigenvalue weighted by atomic mass is 19.1. The molecule has 1 fully saturated rings. The maximum atomic E-state index is 13.7. The highest BCUT2D eigenvalue weighted by molar-refractivity contribution is 5.83. The van der Waals surface area contributed by atoms with E-state index in [1.807, 2.05) is 25.1 Å². The molecule has 7 heteroatoms. The predicted octanol–water partition coefficient (Wildman–Crippen LogP) is 3.29. The highest BCUT2D eigenvalue weighted by Gasteiger charge is 2.38. The van der Waals surface area contributed by atoms with Crippen LogP contribution in [0.5, 0.6) is 5.75 Å². The summed E-state index contributed by atoms with van der Waals surface area (Å²) in [5.41, 5.74) is -0.415. The molecule has 0 unspecified atom stereocenters. The Kier molecular flexibility index (Phi) is 6.46. The van der Waals surface area contributed by atoms with Gasteiger partial charge in [0.15, 0.2) is 6.61 Å². The molecule has 0 atom stereocenters. The first kappa shape index (κ1) is 20.8. The van der Waals surface area contributed by atoms with E-state index in [1.54, 1.807) is 17.0 Å². The molecule has 0 aliphatic carbocycles. The molecule has 1 saturated heterocycles. The van der Waals surface area contributed by atoms with Gasteiger partial charge in [-0.1, -0.05) is 31.2 Å². The minimum absolute atomic E-state index is 0.00586. The average Bonchev–Trinajstić information content (AvgIpc) is 2.72. The first-order valence-electron chi connectivity index (χ1n) is 9.55. The van der Waals surface area contributed by atoms with Crippen molar-refractivity contribution >= 4 is 11.8 Å². The van der Waals surface area contributed by atoms with Gasteiger partial charge in [-0.25, -0.2) is 8.78 Å². The second-order valence-corrected chi connectivity index (χ2v) is 7.46. The molecule has 1 heterocycles. The van der Waals surface area contributed by atoms with Crippen molar-refractivity contribution in [3.05, 3.63) is 65.7 Å². The third-order valence-corrected chi connectivity index (χ3v) is 5.33. The van der Waals surface area contributed by atoms with Gasteiger partial charge in [-0.05, 0) is 31.0 Å². The average molecular weight is 402 g/mol. The molecular weight excluding hydrogens is 378 g/mol. The van der Waals surface area contributed by atoms with Crippen LogP contribution in [-0.2, 0) is 16.1 Å². The molecule has 29 heavy (non-hydrogen) atoms. The number of carbonyl (C=O) groups is 2. The summed E-state index contributed by atoms with van der Waals surface area (Å²) in [6.07, 6.45) is 1.00. The van der Waals surface area contributed by atoms with Crippen molar-refractivity contribution < 1.29 is 23.1 Å². The zero-order chi connectivity index (χ0) is 20.9. The van der Waals surface area contributed by atoms with Gasteiger partial charge in [0, 0.05) is 36.7 Å². The number of carbonyl (C=O) groups excluding carboxylic acids is 2. The fraction of sp³-hybridized carbons (Fsp3) is 0.364. The number of hydrogen-bond donors (Lipinski definition) is 1. The van der Waals surface area contributed by atoms with Crippen molar-refractivity contribution in [2.24, 2.45) is 5.41 Å². The Labute approximate surface area is 168 Å². The fourth-order valence-electron chi connectivity index (χ4n) is 3.28. The second kappa shape index (κ2) is 9.03. The van der Waals surface area contributed by atoms with Crippen LogP contribution in [0.3, 0.4) is 0 Å². The first-order chi connectivity index (χ1) is 13.9. The molecule has 2 amide bonds. The second-order valence-electron chi connectivity index (χ2n) is 7.46. The summed E-state index contributed by atoms with van der Waals surface area (Å²) in [6, 6.07) is 12.4. The molecule has 2 aromatic carbocycles. The Bertz CT molecular complexity index is 866. The first-order valence-corrected chi connectivity index (χ1v) is 9.55. The van der Waals surface area contributed by atoms with Crippen LogP contribution >= 0.6 is 0 Å². The predicted molar refractivity (Wildman–Crippen MR) is 104 cm³/mol. The zero-order valence-electron chi connectivity index (χ0n) is 16.3. The van der Waals surface area contributed by atoms with E-state index < -0.39 is 17.0 Å². The maximum absolute atomic E-state index is 13.7. The molecule has 0 aromatic heterocycles. The minimum Gasteiger partial charge on any atom is -0.484 e. The SMILES string of the molecule is CC1(C(=O)NCc2ccc(F)cc2F)CCN(C(=O)COc2ccccc2)CC1. The molecule has 154 valence electrons. The molecule has 0 radical (unpaired) electrons. The van der Waals surface area contributed by atoms with Crippen molar-refractivity contribution in [3.63, 3.8) is 0 Å². The lowest BCUT2D eigenvalue weighted by Crippen LogP contribution is -2.49. The van der Waals surface area contributed by atoms with Crippen LogP contribution in [0, 0.1) is 17.0 Å². The third kappa shape index (κ3) is 5.31. The van der Waals surface area contributed by atoms with Gasteiger partial charge in [-0.3, -0.25) is 9.59 Å². The van der Waals surface area contributed by atoms with Crippen LogP contribution in [-0.4, -0.2) is 36.4 Å². The van der Waals surface area contributed by atoms with Gasteiger partial charge >= 0.3 is 0 Å². The van der Waals surface area contributed by atoms with Crippen LogP contribution in [0.2, 0.25) is 0 Å². The van der Waals surface area contributed by atoms with Gasteiger partial charge in [-0.2, -0.15) is 0 Å². The molecule has 5 nitrogen and oxygen atoms in total. The van der Waals surface area contributed by atoms with E-state index in [0.29, 0.717) is 31.7 Å². The summed E-state index contributed by atoms with van der Waals surface area (Å²) in [5, 5.41) is 2.73. The third-order valence-electron chi connectivity index (χ3n) is 5.33. The molecule has 3 rings (SSSR count). The van der Waals surface area contributed by atoms with E-state index in [4.69, 9.17) is 4.74 Å². The van der Waals surface area contributed by atoms with Gasteiger partial charge in [-0.15, -0.1) is 0 Å². The summed E-state index contributed by atoms with van der Waals surface area (Å²) in [6.45, 7) is 2.69. The number of para-hydroxylation sites is 1. The Morgan fingerprint density at radius 1 is 1.10 bits per heavy atom. The quantitative estimate of drug-likeness (QED) is 0.807. The van der Waals surface area contributed by atoms with Crippen LogP contribution in [0.25, 0.3) is 0 Å². The molecular formula is C22H24F2N2O3. The van der Waals surface area contributed by atoms with Crippen LogP contribution in [0.1, 0.15) is 25.3 Å². The van der Waals surface area contributed by atoms with Crippen molar-refractivity contribution in [3.8, 4) is 5.75 Å². The number of hydrogen-bond acceptors (Lipinski definition) is 3. The number of likely N-dealkylation sites (tertiary alicyclic amines) is 1. The number of piperidine rings is 1.